The predicted molar refractivity (Wildman–Crippen MR) is 125 cm³/mol. The number of amides is 1. The Morgan fingerprint density at radius 2 is 1.55 bits per heavy atom. The summed E-state index contributed by atoms with van der Waals surface area (Å²) in [5.74, 6) is 0.144. The molecule has 31 heavy (non-hydrogen) atoms. The van der Waals surface area contributed by atoms with E-state index in [1.54, 1.807) is 55.5 Å². The van der Waals surface area contributed by atoms with Gasteiger partial charge >= 0.3 is 0 Å². The largest absolute Gasteiger partial charge is 0.481 e. The third kappa shape index (κ3) is 5.96. The second-order valence-corrected chi connectivity index (χ2v) is 8.88. The lowest BCUT2D eigenvalue weighted by Crippen LogP contribution is -2.30. The lowest BCUT2D eigenvalue weighted by atomic mass is 9.86. The first-order valence-corrected chi connectivity index (χ1v) is 10.5. The zero-order chi connectivity index (χ0) is 22.6. The fourth-order valence-electron chi connectivity index (χ4n) is 3.04. The summed E-state index contributed by atoms with van der Waals surface area (Å²) >= 11 is 5.87. The number of carbonyl (C=O) groups is 2. The molecule has 3 aromatic rings. The zero-order valence-electron chi connectivity index (χ0n) is 18.1. The molecule has 3 rings (SSSR count). The van der Waals surface area contributed by atoms with Crippen LogP contribution in [-0.4, -0.2) is 17.8 Å². The van der Waals surface area contributed by atoms with Gasteiger partial charge in [-0.25, -0.2) is 0 Å². The summed E-state index contributed by atoms with van der Waals surface area (Å²) in [4.78, 5) is 25.4. The highest BCUT2D eigenvalue weighted by molar-refractivity contribution is 6.30. The van der Waals surface area contributed by atoms with Gasteiger partial charge in [0, 0.05) is 21.8 Å². The van der Waals surface area contributed by atoms with E-state index in [2.05, 4.69) is 26.1 Å². The predicted octanol–water partition coefficient (Wildman–Crippen LogP) is 6.27. The van der Waals surface area contributed by atoms with Crippen molar-refractivity contribution in [3.63, 3.8) is 0 Å². The molecule has 0 bridgehead atoms. The molecule has 1 atom stereocenters. The number of benzene rings is 3. The second kappa shape index (κ2) is 9.36. The summed E-state index contributed by atoms with van der Waals surface area (Å²) in [5, 5.41) is 3.40. The summed E-state index contributed by atoms with van der Waals surface area (Å²) < 4.78 is 5.65. The molecule has 0 heterocycles. The van der Waals surface area contributed by atoms with Gasteiger partial charge < -0.3 is 10.1 Å². The van der Waals surface area contributed by atoms with Gasteiger partial charge in [-0.15, -0.1) is 0 Å². The van der Waals surface area contributed by atoms with E-state index in [9.17, 15) is 9.59 Å². The van der Waals surface area contributed by atoms with Crippen molar-refractivity contribution in [2.45, 2.75) is 39.2 Å². The van der Waals surface area contributed by atoms with Gasteiger partial charge in [0.2, 0.25) is 0 Å². The Morgan fingerprint density at radius 3 is 2.16 bits per heavy atom. The Bertz CT molecular complexity index is 1070. The van der Waals surface area contributed by atoms with Crippen molar-refractivity contribution in [2.75, 3.05) is 5.32 Å². The van der Waals surface area contributed by atoms with E-state index in [1.807, 2.05) is 24.3 Å². The zero-order valence-corrected chi connectivity index (χ0v) is 18.9. The van der Waals surface area contributed by atoms with Crippen molar-refractivity contribution in [3.05, 3.63) is 94.5 Å². The minimum Gasteiger partial charge on any atom is -0.481 e. The molecule has 0 radical (unpaired) electrons. The van der Waals surface area contributed by atoms with E-state index < -0.39 is 6.10 Å². The summed E-state index contributed by atoms with van der Waals surface area (Å²) in [5.41, 5.74) is 2.84. The number of anilines is 1. The third-order valence-corrected chi connectivity index (χ3v) is 5.15. The molecule has 0 fully saturated rings. The average Bonchev–Trinajstić information content (AvgIpc) is 2.74. The van der Waals surface area contributed by atoms with Crippen LogP contribution in [0.5, 0.6) is 5.75 Å². The molecular weight excluding hydrogens is 410 g/mol. The highest BCUT2D eigenvalue weighted by Crippen LogP contribution is 2.23. The van der Waals surface area contributed by atoms with Crippen molar-refractivity contribution < 1.29 is 14.3 Å². The number of nitrogens with one attached hydrogen (secondary N) is 1. The maximum atomic E-state index is 12.9. The summed E-state index contributed by atoms with van der Waals surface area (Å²) in [6.07, 6.45) is -0.717. The van der Waals surface area contributed by atoms with Crippen LogP contribution in [0.15, 0.2) is 72.8 Å². The Balaban J connectivity index is 1.68. The summed E-state index contributed by atoms with van der Waals surface area (Å²) in [7, 11) is 0. The van der Waals surface area contributed by atoms with Gasteiger partial charge in [0.1, 0.15) is 5.75 Å². The molecule has 1 N–H and O–H groups in total. The van der Waals surface area contributed by atoms with E-state index >= 15 is 0 Å². The molecule has 1 unspecified atom stereocenters. The standard InChI is InChI=1S/C26H26ClNO3/c1-17(31-23-14-12-21(27)13-15-23)25(30)28-22-7-5-6-19(16-22)24(29)18-8-10-20(11-9-18)26(2,3)4/h5-17H,1-4H3,(H,28,30). The van der Waals surface area contributed by atoms with Crippen molar-refractivity contribution in [1.82, 2.24) is 0 Å². The molecule has 0 aliphatic carbocycles. The van der Waals surface area contributed by atoms with Crippen LogP contribution in [-0.2, 0) is 10.2 Å². The first-order valence-electron chi connectivity index (χ1n) is 10.1. The van der Waals surface area contributed by atoms with Gasteiger partial charge in [-0.05, 0) is 54.3 Å². The van der Waals surface area contributed by atoms with Crippen LogP contribution < -0.4 is 10.1 Å². The minimum absolute atomic E-state index is 0.0244. The molecule has 0 aliphatic rings. The molecule has 0 saturated carbocycles. The summed E-state index contributed by atoms with van der Waals surface area (Å²) in [6.45, 7) is 8.06. The lowest BCUT2D eigenvalue weighted by Gasteiger charge is -2.19. The fourth-order valence-corrected chi connectivity index (χ4v) is 3.17. The molecule has 0 aromatic heterocycles. The van der Waals surface area contributed by atoms with E-state index in [1.165, 1.54) is 5.56 Å². The maximum absolute atomic E-state index is 12.9. The Morgan fingerprint density at radius 1 is 0.903 bits per heavy atom. The van der Waals surface area contributed by atoms with E-state index in [4.69, 9.17) is 16.3 Å². The lowest BCUT2D eigenvalue weighted by molar-refractivity contribution is -0.122. The highest BCUT2D eigenvalue weighted by atomic mass is 35.5. The minimum atomic E-state index is -0.717. The molecule has 3 aromatic carbocycles. The number of ether oxygens (including phenoxy) is 1. The first-order chi connectivity index (χ1) is 14.6. The molecule has 4 nitrogen and oxygen atoms in total. The number of rotatable bonds is 6. The van der Waals surface area contributed by atoms with Gasteiger partial charge in [-0.2, -0.15) is 0 Å². The van der Waals surface area contributed by atoms with Crippen LogP contribution in [0.2, 0.25) is 5.02 Å². The molecule has 160 valence electrons. The third-order valence-electron chi connectivity index (χ3n) is 4.90. The molecular formula is C26H26ClNO3. The summed E-state index contributed by atoms with van der Waals surface area (Å²) in [6, 6.07) is 21.4. The van der Waals surface area contributed by atoms with Gasteiger partial charge in [0.25, 0.3) is 5.91 Å². The van der Waals surface area contributed by atoms with E-state index in [-0.39, 0.29) is 17.1 Å². The number of ketones is 1. The normalized spacial score (nSPS) is 12.2. The molecule has 0 aliphatic heterocycles. The second-order valence-electron chi connectivity index (χ2n) is 8.44. The number of carbonyl (C=O) groups excluding carboxylic acids is 2. The first kappa shape index (κ1) is 22.6. The van der Waals surface area contributed by atoms with Crippen LogP contribution in [0.4, 0.5) is 5.69 Å². The van der Waals surface area contributed by atoms with Crippen LogP contribution in [0, 0.1) is 0 Å². The smallest absolute Gasteiger partial charge is 0.265 e. The van der Waals surface area contributed by atoms with E-state index in [0.717, 1.165) is 0 Å². The molecule has 0 saturated heterocycles. The number of hydrogen-bond acceptors (Lipinski definition) is 3. The van der Waals surface area contributed by atoms with Crippen LogP contribution in [0.1, 0.15) is 49.2 Å². The number of hydrogen-bond donors (Lipinski definition) is 1. The molecule has 1 amide bonds. The van der Waals surface area contributed by atoms with Crippen LogP contribution >= 0.6 is 11.6 Å². The Hall–Kier alpha value is -3.11. The van der Waals surface area contributed by atoms with Crippen molar-refractivity contribution in [2.24, 2.45) is 0 Å². The van der Waals surface area contributed by atoms with Crippen molar-refractivity contribution >= 4 is 29.0 Å². The van der Waals surface area contributed by atoms with Gasteiger partial charge in [0.05, 0.1) is 0 Å². The van der Waals surface area contributed by atoms with Crippen molar-refractivity contribution in [3.8, 4) is 5.75 Å². The Labute approximate surface area is 188 Å². The van der Waals surface area contributed by atoms with E-state index in [0.29, 0.717) is 27.6 Å². The molecule has 5 heteroatoms. The SMILES string of the molecule is CC(Oc1ccc(Cl)cc1)C(=O)Nc1cccc(C(=O)c2ccc(C(C)(C)C)cc2)c1. The van der Waals surface area contributed by atoms with Crippen LogP contribution in [0.25, 0.3) is 0 Å². The van der Waals surface area contributed by atoms with Gasteiger partial charge in [-0.1, -0.05) is 68.8 Å². The Kier molecular flexibility index (Phi) is 6.81. The highest BCUT2D eigenvalue weighted by Gasteiger charge is 2.17. The maximum Gasteiger partial charge on any atom is 0.265 e. The van der Waals surface area contributed by atoms with Gasteiger partial charge in [-0.3, -0.25) is 9.59 Å². The fraction of sp³-hybridized carbons (Fsp3) is 0.231. The monoisotopic (exact) mass is 435 g/mol. The number of halogens is 1. The quantitative estimate of drug-likeness (QED) is 0.464. The van der Waals surface area contributed by atoms with Crippen LogP contribution in [0.3, 0.4) is 0 Å². The van der Waals surface area contributed by atoms with Gasteiger partial charge in [0.15, 0.2) is 11.9 Å². The van der Waals surface area contributed by atoms with Crippen molar-refractivity contribution in [1.29, 1.82) is 0 Å². The molecule has 0 spiro atoms. The topological polar surface area (TPSA) is 55.4 Å². The average molecular weight is 436 g/mol.